The molecule has 0 atom stereocenters. The maximum Gasteiger partial charge on any atom is 3.00 e. The topological polar surface area (TPSA) is 20.2 Å². The minimum absolute atomic E-state index is 0. The average Bonchev–Trinajstić information content (AvgIpc) is 3.00. The van der Waals surface area contributed by atoms with Crippen molar-refractivity contribution < 1.29 is 26.8 Å². The molecule has 3 aromatic rings. The zero-order chi connectivity index (χ0) is 26.6. The predicted molar refractivity (Wildman–Crippen MR) is 175 cm³/mol. The molecule has 0 aromatic heterocycles. The molecule has 0 unspecified atom stereocenters. The minimum Gasteiger partial charge on any atom is -0.507 e. The molecule has 0 saturated heterocycles. The van der Waals surface area contributed by atoms with Crippen molar-refractivity contribution in [1.82, 2.24) is 0 Å². The maximum absolute atomic E-state index is 11.6. The molecule has 0 spiro atoms. The molecule has 4 rings (SSSR count). The van der Waals surface area contributed by atoms with E-state index in [9.17, 15) is 5.11 Å². The Bertz CT molecular complexity index is 1260. The molecule has 2 heteroatoms. The van der Waals surface area contributed by atoms with Gasteiger partial charge >= 0.3 is 21.7 Å². The summed E-state index contributed by atoms with van der Waals surface area (Å²) in [5.41, 5.74) is 9.84. The standard InChI is InChI=1S/C35H46O.3CH3.Ti/c1-22(2)20-35(21-23(3)4)29-14-12-11-13-26(29)27-16-15-24(17-30(27)35)28-18-25(33(5,6)7)19-31(32(28)36)34(8,9)10;;;;/h11-19,22-23,36H,20-21H2,1-10H3;3*1H3;/q;3*-1;+3. The van der Waals surface area contributed by atoms with Gasteiger partial charge in [0.05, 0.1) is 0 Å². The van der Waals surface area contributed by atoms with Crippen LogP contribution in [0.1, 0.15) is 104 Å². The largest absolute Gasteiger partial charge is 3.00 e. The molecule has 40 heavy (non-hydrogen) atoms. The van der Waals surface area contributed by atoms with Crippen molar-refractivity contribution in [3.05, 3.63) is 99.1 Å². The van der Waals surface area contributed by atoms with E-state index in [0.717, 1.165) is 29.5 Å². The fourth-order valence-electron chi connectivity index (χ4n) is 6.40. The molecule has 0 amide bonds. The van der Waals surface area contributed by atoms with Gasteiger partial charge in [0.25, 0.3) is 0 Å². The molecule has 1 aliphatic rings. The first-order chi connectivity index (χ1) is 16.6. The van der Waals surface area contributed by atoms with Crippen molar-refractivity contribution in [2.24, 2.45) is 11.8 Å². The van der Waals surface area contributed by atoms with E-state index in [1.54, 1.807) is 0 Å². The number of hydrogen-bond donors (Lipinski definition) is 1. The molecule has 3 aromatic carbocycles. The zero-order valence-corrected chi connectivity index (χ0v) is 29.3. The molecule has 1 N–H and O–H groups in total. The average molecular weight is 576 g/mol. The molecular weight excluding hydrogens is 520 g/mol. The van der Waals surface area contributed by atoms with Gasteiger partial charge in [-0.3, -0.25) is 0 Å². The van der Waals surface area contributed by atoms with E-state index in [1.165, 1.54) is 27.8 Å². The third-order valence-corrected chi connectivity index (χ3v) is 7.88. The van der Waals surface area contributed by atoms with Crippen molar-refractivity contribution in [3.8, 4) is 28.0 Å². The van der Waals surface area contributed by atoms with Gasteiger partial charge in [0.2, 0.25) is 0 Å². The van der Waals surface area contributed by atoms with Gasteiger partial charge in [-0.1, -0.05) is 112 Å². The molecule has 0 saturated carbocycles. The number of fused-ring (bicyclic) bond motifs is 3. The Balaban J connectivity index is 0.00000380. The summed E-state index contributed by atoms with van der Waals surface area (Å²) in [5.74, 6) is 1.58. The van der Waals surface area contributed by atoms with Gasteiger partial charge < -0.3 is 27.4 Å². The van der Waals surface area contributed by atoms with Gasteiger partial charge in [-0.05, 0) is 81.0 Å². The Morgan fingerprint density at radius 3 is 1.68 bits per heavy atom. The number of benzene rings is 3. The number of aromatic hydroxyl groups is 1. The molecule has 1 radical (unpaired) electrons. The molecule has 0 heterocycles. The number of hydrogen-bond acceptors (Lipinski definition) is 1. The third-order valence-electron chi connectivity index (χ3n) is 7.88. The Labute approximate surface area is 263 Å². The van der Waals surface area contributed by atoms with Crippen molar-refractivity contribution in [3.63, 3.8) is 0 Å². The molecule has 1 nitrogen and oxygen atoms in total. The minimum atomic E-state index is -0.147. The number of phenols is 1. The van der Waals surface area contributed by atoms with Crippen LogP contribution in [0.15, 0.2) is 54.6 Å². The quantitative estimate of drug-likeness (QED) is 0.237. The van der Waals surface area contributed by atoms with Gasteiger partial charge in [-0.15, -0.1) is 0 Å². The van der Waals surface area contributed by atoms with E-state index in [2.05, 4.69) is 124 Å². The van der Waals surface area contributed by atoms with Crippen LogP contribution in [0.2, 0.25) is 0 Å². The third kappa shape index (κ3) is 6.96. The summed E-state index contributed by atoms with van der Waals surface area (Å²) >= 11 is 0. The summed E-state index contributed by atoms with van der Waals surface area (Å²) in [6, 6.07) is 20.4. The second-order valence-electron chi connectivity index (χ2n) is 14.0. The SMILES string of the molecule is CC(C)CC1(CC(C)C)c2ccccc2-c2ccc(-c3cc(C(C)(C)C)cc(C(C)(C)C)c3O)cc21.[CH3-].[CH3-].[CH3-].[Ti+3]. The number of rotatable bonds is 5. The summed E-state index contributed by atoms with van der Waals surface area (Å²) in [5, 5.41) is 11.6. The van der Waals surface area contributed by atoms with Gasteiger partial charge in [-0.25, -0.2) is 0 Å². The first kappa shape index (κ1) is 38.2. The van der Waals surface area contributed by atoms with Crippen LogP contribution >= 0.6 is 0 Å². The molecule has 0 fully saturated rings. The maximum atomic E-state index is 11.6. The second-order valence-corrected chi connectivity index (χ2v) is 14.0. The van der Waals surface area contributed by atoms with Crippen LogP contribution in [0.25, 0.3) is 22.3 Å². The molecule has 217 valence electrons. The van der Waals surface area contributed by atoms with Crippen LogP contribution in [0.4, 0.5) is 0 Å². The van der Waals surface area contributed by atoms with Gasteiger partial charge in [0.15, 0.2) is 0 Å². The first-order valence-electron chi connectivity index (χ1n) is 13.8. The Hall–Kier alpha value is -1.83. The summed E-state index contributed by atoms with van der Waals surface area (Å²) in [6.45, 7) is 22.7. The van der Waals surface area contributed by atoms with Crippen LogP contribution in [-0.2, 0) is 38.0 Å². The van der Waals surface area contributed by atoms with Gasteiger partial charge in [0, 0.05) is 16.5 Å². The summed E-state index contributed by atoms with van der Waals surface area (Å²) < 4.78 is 0. The monoisotopic (exact) mass is 575 g/mol. The van der Waals surface area contributed by atoms with E-state index >= 15 is 0 Å². The summed E-state index contributed by atoms with van der Waals surface area (Å²) in [4.78, 5) is 0. The second kappa shape index (κ2) is 13.4. The van der Waals surface area contributed by atoms with Crippen molar-refractivity contribution in [2.45, 2.75) is 98.3 Å². The van der Waals surface area contributed by atoms with Crippen LogP contribution in [0, 0.1) is 34.1 Å². The van der Waals surface area contributed by atoms with Crippen molar-refractivity contribution >= 4 is 0 Å². The van der Waals surface area contributed by atoms with Crippen LogP contribution < -0.4 is 0 Å². The summed E-state index contributed by atoms with van der Waals surface area (Å²) in [7, 11) is 0. The summed E-state index contributed by atoms with van der Waals surface area (Å²) in [6.07, 6.45) is 2.25. The molecular formula is C38H55OTi. The van der Waals surface area contributed by atoms with Crippen molar-refractivity contribution in [2.75, 3.05) is 0 Å². The molecule has 0 aliphatic heterocycles. The molecule has 1 aliphatic carbocycles. The van der Waals surface area contributed by atoms with Crippen LogP contribution in [0.5, 0.6) is 5.75 Å². The molecule has 0 bridgehead atoms. The zero-order valence-electron chi connectivity index (χ0n) is 27.7. The fourth-order valence-corrected chi connectivity index (χ4v) is 6.40. The van der Waals surface area contributed by atoms with E-state index in [-0.39, 0.29) is 60.2 Å². The Morgan fingerprint density at radius 2 is 1.18 bits per heavy atom. The fraction of sp³-hybridized carbons (Fsp3) is 0.447. The van der Waals surface area contributed by atoms with E-state index in [4.69, 9.17) is 0 Å². The van der Waals surface area contributed by atoms with E-state index in [0.29, 0.717) is 17.6 Å². The van der Waals surface area contributed by atoms with Crippen molar-refractivity contribution in [1.29, 1.82) is 0 Å². The van der Waals surface area contributed by atoms with E-state index < -0.39 is 0 Å². The first-order valence-corrected chi connectivity index (χ1v) is 13.8. The Kier molecular flexibility index (Phi) is 12.8. The predicted octanol–water partition coefficient (Wildman–Crippen LogP) is 11.4. The van der Waals surface area contributed by atoms with Crippen LogP contribution in [-0.4, -0.2) is 5.11 Å². The normalized spacial score (nSPS) is 13.4. The van der Waals surface area contributed by atoms with Crippen LogP contribution in [0.3, 0.4) is 0 Å². The van der Waals surface area contributed by atoms with E-state index in [1.807, 2.05) is 0 Å². The number of phenolic OH excluding ortho intramolecular Hbond substituents is 1. The van der Waals surface area contributed by atoms with Gasteiger partial charge in [0.1, 0.15) is 5.75 Å². The van der Waals surface area contributed by atoms with Gasteiger partial charge in [-0.2, -0.15) is 0 Å². The smallest absolute Gasteiger partial charge is 0.507 e. The Morgan fingerprint density at radius 1 is 0.650 bits per heavy atom.